The Labute approximate surface area is 159 Å². The Morgan fingerprint density at radius 1 is 1.30 bits per heavy atom. The van der Waals surface area contributed by atoms with Gasteiger partial charge in [0, 0.05) is 77.8 Å². The van der Waals surface area contributed by atoms with Gasteiger partial charge in [0.1, 0.15) is 0 Å². The summed E-state index contributed by atoms with van der Waals surface area (Å²) in [5.74, 6) is 0.00575. The summed E-state index contributed by atoms with van der Waals surface area (Å²) in [6.45, 7) is 0. The summed E-state index contributed by atoms with van der Waals surface area (Å²) in [6.07, 6.45) is 3.87. The van der Waals surface area contributed by atoms with Gasteiger partial charge in [0.15, 0.2) is 5.65 Å². The molecule has 0 aliphatic rings. The van der Waals surface area contributed by atoms with Gasteiger partial charge in [-0.3, -0.25) is 8.77 Å². The van der Waals surface area contributed by atoms with Crippen LogP contribution in [0.15, 0.2) is 47.2 Å². The first-order valence-electron chi connectivity index (χ1n) is 6.79. The Bertz CT molecular complexity index is 877. The largest absolute Gasteiger partial charge is 0.345 e. The Balaban J connectivity index is 2.10. The van der Waals surface area contributed by atoms with Crippen molar-refractivity contribution in [2.75, 3.05) is 14.1 Å². The number of rotatable bonds is 3. The number of halogens is 2. The van der Waals surface area contributed by atoms with Crippen molar-refractivity contribution in [3.8, 4) is 11.1 Å². The summed E-state index contributed by atoms with van der Waals surface area (Å²) in [5.41, 5.74) is 3.78. The quantitative estimate of drug-likeness (QED) is 0.473. The molecule has 0 spiro atoms. The molecule has 118 valence electrons. The van der Waals surface area contributed by atoms with Gasteiger partial charge in [-0.15, -0.1) is 0 Å². The molecule has 4 nitrogen and oxygen atoms in total. The molecule has 7 heteroatoms. The molecule has 1 amide bonds. The van der Waals surface area contributed by atoms with E-state index in [9.17, 15) is 4.79 Å². The molecule has 0 aliphatic heterocycles. The molecule has 0 bridgehead atoms. The first kappa shape index (κ1) is 16.8. The van der Waals surface area contributed by atoms with Crippen molar-refractivity contribution in [3.05, 3.63) is 52.8 Å². The fourth-order valence-corrected chi connectivity index (χ4v) is 3.98. The Kier molecular flexibility index (Phi) is 4.98. The van der Waals surface area contributed by atoms with E-state index in [1.165, 1.54) is 0 Å². The first-order valence-corrected chi connectivity index (χ1v) is 10.9. The topological polar surface area (TPSA) is 38.1 Å². The van der Waals surface area contributed by atoms with E-state index in [4.69, 9.17) is 0 Å². The van der Waals surface area contributed by atoms with E-state index in [1.54, 1.807) is 34.3 Å². The van der Waals surface area contributed by atoms with Gasteiger partial charge in [0.05, 0.1) is 0 Å². The molecule has 0 aliphatic carbocycles. The lowest BCUT2D eigenvalue weighted by Crippen LogP contribution is -2.21. The molecule has 3 rings (SSSR count). The minimum absolute atomic E-state index is 0.00575. The molecule has 0 saturated heterocycles. The predicted molar refractivity (Wildman–Crippen MR) is 108 cm³/mol. The number of pyridine rings is 1. The minimum atomic E-state index is 0.00575. The summed E-state index contributed by atoms with van der Waals surface area (Å²) in [6, 6.07) is 9.76. The second-order valence-corrected chi connectivity index (χ2v) is 7.87. The van der Waals surface area contributed by atoms with Crippen LogP contribution < -0.4 is 0 Å². The van der Waals surface area contributed by atoms with E-state index < -0.39 is 0 Å². The highest BCUT2D eigenvalue weighted by Crippen LogP contribution is 2.35. The van der Waals surface area contributed by atoms with Gasteiger partial charge in [-0.05, 0) is 39.7 Å². The molecule has 0 saturated carbocycles. The van der Waals surface area contributed by atoms with Crippen LogP contribution in [0.1, 0.15) is 10.4 Å². The molecule has 0 unspecified atom stereocenters. The second-order valence-electron chi connectivity index (χ2n) is 5.24. The van der Waals surface area contributed by atoms with Crippen molar-refractivity contribution < 1.29 is 4.79 Å². The number of benzene rings is 1. The van der Waals surface area contributed by atoms with Crippen LogP contribution in [-0.4, -0.2) is 33.9 Å². The van der Waals surface area contributed by atoms with Crippen molar-refractivity contribution in [3.63, 3.8) is 0 Å². The molecule has 1 aromatic carbocycles. The molecule has 23 heavy (non-hydrogen) atoms. The number of fused-ring (bicyclic) bond motifs is 1. The number of hydrogen-bond donors (Lipinski definition) is 0. The van der Waals surface area contributed by atoms with E-state index in [2.05, 4.69) is 54.4 Å². The summed E-state index contributed by atoms with van der Waals surface area (Å²) in [5, 5.41) is 1.08. The van der Waals surface area contributed by atoms with Gasteiger partial charge < -0.3 is 4.90 Å². The third-order valence-corrected chi connectivity index (χ3v) is 5.64. The molecule has 0 radical (unpaired) electrons. The van der Waals surface area contributed by atoms with Gasteiger partial charge in [0.25, 0.3) is 5.91 Å². The molecule has 0 N–H and O–H groups in total. The SMILES string of the molecule is CN(C)C(=O)c1ccc(-c2cn(SI)c3ncc(Br)cc23)cc1. The Morgan fingerprint density at radius 3 is 2.61 bits per heavy atom. The fourth-order valence-electron chi connectivity index (χ4n) is 2.39. The summed E-state index contributed by atoms with van der Waals surface area (Å²) >= 11 is 5.73. The molecule has 2 aromatic heterocycles. The number of amides is 1. The molecule has 2 heterocycles. The summed E-state index contributed by atoms with van der Waals surface area (Å²) in [7, 11) is 5.09. The zero-order chi connectivity index (χ0) is 16.6. The van der Waals surface area contributed by atoms with Crippen LogP contribution in [0.4, 0.5) is 0 Å². The van der Waals surface area contributed by atoms with Crippen molar-refractivity contribution in [2.24, 2.45) is 0 Å². The van der Waals surface area contributed by atoms with Crippen LogP contribution in [0.25, 0.3) is 22.2 Å². The lowest BCUT2D eigenvalue weighted by atomic mass is 10.0. The highest BCUT2D eigenvalue weighted by molar-refractivity contribution is 14.2. The van der Waals surface area contributed by atoms with E-state index in [1.807, 2.05) is 28.2 Å². The van der Waals surface area contributed by atoms with Gasteiger partial charge in [-0.1, -0.05) is 12.1 Å². The molecular weight excluding hydrogens is 489 g/mol. The highest BCUT2D eigenvalue weighted by atomic mass is 127. The number of aromatic nitrogens is 2. The second kappa shape index (κ2) is 6.82. The fraction of sp³-hybridized carbons (Fsp3) is 0.125. The van der Waals surface area contributed by atoms with Crippen molar-refractivity contribution in [1.29, 1.82) is 0 Å². The number of nitrogens with zero attached hydrogens (tertiary/aromatic N) is 3. The Hall–Kier alpha value is -1.06. The van der Waals surface area contributed by atoms with Gasteiger partial charge in [-0.25, -0.2) is 4.98 Å². The smallest absolute Gasteiger partial charge is 0.253 e. The lowest BCUT2D eigenvalue weighted by molar-refractivity contribution is 0.0827. The predicted octanol–water partition coefficient (Wildman–Crippen LogP) is 5.01. The third-order valence-electron chi connectivity index (χ3n) is 3.50. The van der Waals surface area contributed by atoms with Crippen molar-refractivity contribution >= 4 is 63.2 Å². The standard InChI is InChI=1S/C16H13BrIN3OS/c1-20(2)16(22)11-5-3-10(4-6-11)14-9-21(23-18)15-13(14)7-12(17)8-19-15/h3-9H,1-2H3. The average Bonchev–Trinajstić information content (AvgIpc) is 2.92. The highest BCUT2D eigenvalue weighted by Gasteiger charge is 2.13. The van der Waals surface area contributed by atoms with Crippen LogP contribution in [0, 0.1) is 0 Å². The zero-order valence-electron chi connectivity index (χ0n) is 12.5. The minimum Gasteiger partial charge on any atom is -0.345 e. The third kappa shape index (κ3) is 3.27. The number of hydrogen-bond acceptors (Lipinski definition) is 3. The van der Waals surface area contributed by atoms with E-state index in [-0.39, 0.29) is 5.91 Å². The van der Waals surface area contributed by atoms with E-state index >= 15 is 0 Å². The lowest BCUT2D eigenvalue weighted by Gasteiger charge is -2.10. The maximum atomic E-state index is 12.0. The van der Waals surface area contributed by atoms with Gasteiger partial charge >= 0.3 is 0 Å². The summed E-state index contributed by atoms with van der Waals surface area (Å²) < 4.78 is 2.98. The van der Waals surface area contributed by atoms with Crippen LogP contribution in [-0.2, 0) is 0 Å². The van der Waals surface area contributed by atoms with Crippen molar-refractivity contribution in [1.82, 2.24) is 13.9 Å². The molecule has 3 aromatic rings. The monoisotopic (exact) mass is 501 g/mol. The maximum Gasteiger partial charge on any atom is 0.253 e. The van der Waals surface area contributed by atoms with Gasteiger partial charge in [-0.2, -0.15) is 0 Å². The normalized spacial score (nSPS) is 11.0. The maximum absolute atomic E-state index is 12.0. The molecular formula is C16H13BrIN3OS. The number of carbonyl (C=O) groups excluding carboxylic acids is 1. The Morgan fingerprint density at radius 2 is 2.00 bits per heavy atom. The van der Waals surface area contributed by atoms with Crippen molar-refractivity contribution in [2.45, 2.75) is 0 Å². The van der Waals surface area contributed by atoms with Crippen LogP contribution in [0.5, 0.6) is 0 Å². The van der Waals surface area contributed by atoms with E-state index in [0.29, 0.717) is 5.56 Å². The molecule has 0 fully saturated rings. The summed E-state index contributed by atoms with van der Waals surface area (Å²) in [4.78, 5) is 18.1. The van der Waals surface area contributed by atoms with Crippen LogP contribution in [0.3, 0.4) is 0 Å². The van der Waals surface area contributed by atoms with Crippen LogP contribution in [0.2, 0.25) is 0 Å². The average molecular weight is 502 g/mol. The zero-order valence-corrected chi connectivity index (χ0v) is 17.0. The number of carbonyl (C=O) groups is 1. The first-order chi connectivity index (χ1) is 11.0. The van der Waals surface area contributed by atoms with Crippen LogP contribution >= 0.6 is 46.3 Å². The van der Waals surface area contributed by atoms with Gasteiger partial charge in [0.2, 0.25) is 0 Å². The van der Waals surface area contributed by atoms with E-state index in [0.717, 1.165) is 26.6 Å². The molecule has 0 atom stereocenters.